The molecule has 1 fully saturated rings. The summed E-state index contributed by atoms with van der Waals surface area (Å²) in [6.07, 6.45) is 3.23. The Morgan fingerprint density at radius 1 is 1.38 bits per heavy atom. The fourth-order valence-corrected chi connectivity index (χ4v) is 3.21. The number of hydrogen-bond donors (Lipinski definition) is 0. The summed E-state index contributed by atoms with van der Waals surface area (Å²) in [6, 6.07) is 3.33. The van der Waals surface area contributed by atoms with Gasteiger partial charge >= 0.3 is 0 Å². The van der Waals surface area contributed by atoms with E-state index < -0.39 is 0 Å². The third-order valence-electron chi connectivity index (χ3n) is 4.79. The Morgan fingerprint density at radius 3 is 2.92 bits per heavy atom. The molecule has 1 saturated carbocycles. The molecule has 1 amide bonds. The zero-order chi connectivity index (χ0) is 16.7. The van der Waals surface area contributed by atoms with Gasteiger partial charge in [0.25, 0.3) is 5.91 Å². The molecule has 0 unspecified atom stereocenters. The second kappa shape index (κ2) is 6.05. The van der Waals surface area contributed by atoms with E-state index in [0.717, 1.165) is 30.2 Å². The molecule has 0 bridgehead atoms. The largest absolute Gasteiger partial charge is 0.456 e. The van der Waals surface area contributed by atoms with Crippen molar-refractivity contribution in [1.29, 1.82) is 0 Å². The highest BCUT2D eigenvalue weighted by Gasteiger charge is 2.36. The SMILES string of the molecule is Cc1ccc(C(=O)N2CCc3c(nnn3C)[C@H]2COCC2CC2)o1. The highest BCUT2D eigenvalue weighted by molar-refractivity contribution is 5.92. The number of furan rings is 1. The molecule has 128 valence electrons. The minimum absolute atomic E-state index is 0.112. The lowest BCUT2D eigenvalue weighted by Crippen LogP contribution is -2.42. The molecule has 1 atom stereocenters. The molecule has 1 aliphatic heterocycles. The van der Waals surface area contributed by atoms with Crippen LogP contribution in [0.15, 0.2) is 16.5 Å². The summed E-state index contributed by atoms with van der Waals surface area (Å²) in [6.45, 7) is 3.66. The van der Waals surface area contributed by atoms with Crippen molar-refractivity contribution >= 4 is 5.91 Å². The Hall–Kier alpha value is -2.15. The van der Waals surface area contributed by atoms with E-state index in [-0.39, 0.29) is 11.9 Å². The maximum absolute atomic E-state index is 12.9. The fraction of sp³-hybridized carbons (Fsp3) is 0.588. The van der Waals surface area contributed by atoms with Crippen molar-refractivity contribution in [2.45, 2.75) is 32.2 Å². The second-order valence-corrected chi connectivity index (χ2v) is 6.70. The normalized spacial score (nSPS) is 20.2. The monoisotopic (exact) mass is 330 g/mol. The van der Waals surface area contributed by atoms with Crippen molar-refractivity contribution in [2.24, 2.45) is 13.0 Å². The molecule has 0 saturated heterocycles. The third kappa shape index (κ3) is 2.84. The summed E-state index contributed by atoms with van der Waals surface area (Å²) >= 11 is 0. The van der Waals surface area contributed by atoms with Gasteiger partial charge in [-0.25, -0.2) is 0 Å². The Kier molecular flexibility index (Phi) is 3.88. The predicted octanol–water partition coefficient (Wildman–Crippen LogP) is 1.88. The van der Waals surface area contributed by atoms with Crippen molar-refractivity contribution in [1.82, 2.24) is 19.9 Å². The van der Waals surface area contributed by atoms with Crippen molar-refractivity contribution < 1.29 is 13.9 Å². The van der Waals surface area contributed by atoms with E-state index in [2.05, 4.69) is 10.3 Å². The Bertz CT molecular complexity index is 747. The molecular formula is C17H22N4O3. The molecule has 0 spiro atoms. The number of fused-ring (bicyclic) bond motifs is 1. The van der Waals surface area contributed by atoms with Crippen LogP contribution in [0.5, 0.6) is 0 Å². The van der Waals surface area contributed by atoms with Crippen LogP contribution in [0, 0.1) is 12.8 Å². The summed E-state index contributed by atoms with van der Waals surface area (Å²) < 4.78 is 13.2. The van der Waals surface area contributed by atoms with E-state index in [1.54, 1.807) is 10.7 Å². The average Bonchev–Trinajstić information content (AvgIpc) is 3.18. The van der Waals surface area contributed by atoms with Gasteiger partial charge in [0.05, 0.1) is 12.3 Å². The number of carbonyl (C=O) groups excluding carboxylic acids is 1. The summed E-state index contributed by atoms with van der Waals surface area (Å²) in [7, 11) is 1.89. The first-order chi connectivity index (χ1) is 11.6. The molecule has 0 aromatic carbocycles. The van der Waals surface area contributed by atoms with Gasteiger partial charge in [-0.05, 0) is 37.8 Å². The van der Waals surface area contributed by atoms with E-state index in [9.17, 15) is 4.79 Å². The van der Waals surface area contributed by atoms with Crippen LogP contribution in [-0.2, 0) is 18.2 Å². The Labute approximate surface area is 140 Å². The number of carbonyl (C=O) groups is 1. The van der Waals surface area contributed by atoms with Gasteiger partial charge < -0.3 is 14.1 Å². The van der Waals surface area contributed by atoms with Crippen molar-refractivity contribution in [3.63, 3.8) is 0 Å². The second-order valence-electron chi connectivity index (χ2n) is 6.70. The summed E-state index contributed by atoms with van der Waals surface area (Å²) in [5.41, 5.74) is 1.92. The lowest BCUT2D eigenvalue weighted by Gasteiger charge is -2.34. The van der Waals surface area contributed by atoms with Gasteiger partial charge in [-0.2, -0.15) is 0 Å². The van der Waals surface area contributed by atoms with Gasteiger partial charge in [0.1, 0.15) is 17.5 Å². The molecule has 7 heteroatoms. The zero-order valence-corrected chi connectivity index (χ0v) is 14.1. The minimum Gasteiger partial charge on any atom is -0.456 e. The molecule has 0 radical (unpaired) electrons. The predicted molar refractivity (Wildman–Crippen MR) is 85.5 cm³/mol. The molecular weight excluding hydrogens is 308 g/mol. The topological polar surface area (TPSA) is 73.4 Å². The van der Waals surface area contributed by atoms with Gasteiger partial charge in [0.2, 0.25) is 0 Å². The van der Waals surface area contributed by atoms with Crippen LogP contribution in [0.3, 0.4) is 0 Å². The maximum atomic E-state index is 12.9. The number of aryl methyl sites for hydroxylation is 2. The molecule has 2 aliphatic rings. The number of rotatable bonds is 5. The fourth-order valence-electron chi connectivity index (χ4n) is 3.21. The van der Waals surface area contributed by atoms with E-state index in [0.29, 0.717) is 24.8 Å². The molecule has 2 aromatic heterocycles. The van der Waals surface area contributed by atoms with Gasteiger partial charge in [0.15, 0.2) is 5.76 Å². The lowest BCUT2D eigenvalue weighted by molar-refractivity contribution is 0.0333. The van der Waals surface area contributed by atoms with Gasteiger partial charge in [-0.1, -0.05) is 5.21 Å². The Morgan fingerprint density at radius 2 is 2.21 bits per heavy atom. The van der Waals surface area contributed by atoms with Crippen LogP contribution in [0.2, 0.25) is 0 Å². The number of amides is 1. The van der Waals surface area contributed by atoms with E-state index in [1.165, 1.54) is 12.8 Å². The molecule has 4 rings (SSSR count). The zero-order valence-electron chi connectivity index (χ0n) is 14.1. The van der Waals surface area contributed by atoms with Crippen molar-refractivity contribution in [2.75, 3.05) is 19.8 Å². The van der Waals surface area contributed by atoms with Crippen LogP contribution in [0.25, 0.3) is 0 Å². The van der Waals surface area contributed by atoms with Crippen LogP contribution >= 0.6 is 0 Å². The highest BCUT2D eigenvalue weighted by Crippen LogP contribution is 2.32. The maximum Gasteiger partial charge on any atom is 0.290 e. The molecule has 1 aliphatic carbocycles. The first-order valence-corrected chi connectivity index (χ1v) is 8.47. The molecule has 7 nitrogen and oxygen atoms in total. The average molecular weight is 330 g/mol. The van der Waals surface area contributed by atoms with Gasteiger partial charge in [-0.3, -0.25) is 9.48 Å². The van der Waals surface area contributed by atoms with E-state index >= 15 is 0 Å². The Balaban J connectivity index is 1.57. The lowest BCUT2D eigenvalue weighted by atomic mass is 10.0. The van der Waals surface area contributed by atoms with Crippen LogP contribution < -0.4 is 0 Å². The third-order valence-corrected chi connectivity index (χ3v) is 4.79. The number of hydrogen-bond acceptors (Lipinski definition) is 5. The van der Waals surface area contributed by atoms with Crippen LogP contribution in [0.4, 0.5) is 0 Å². The van der Waals surface area contributed by atoms with Crippen LogP contribution in [0.1, 0.15) is 46.6 Å². The van der Waals surface area contributed by atoms with E-state index in [4.69, 9.17) is 9.15 Å². The van der Waals surface area contributed by atoms with Crippen LogP contribution in [-0.4, -0.2) is 45.6 Å². The standard InChI is InChI=1S/C17H22N4O3/c1-11-3-6-15(24-11)17(22)21-8-7-13-16(18-19-20(13)2)14(21)10-23-9-12-4-5-12/h3,6,12,14H,4-5,7-10H2,1-2H3/t14-/m1/s1. The van der Waals surface area contributed by atoms with Crippen molar-refractivity contribution in [3.8, 4) is 0 Å². The summed E-state index contributed by atoms with van der Waals surface area (Å²) in [5, 5.41) is 8.42. The minimum atomic E-state index is -0.209. The number of ether oxygens (including phenoxy) is 1. The molecule has 2 aromatic rings. The number of nitrogens with zero attached hydrogens (tertiary/aromatic N) is 4. The van der Waals surface area contributed by atoms with Gasteiger partial charge in [0, 0.05) is 26.6 Å². The molecule has 3 heterocycles. The van der Waals surface area contributed by atoms with E-state index in [1.807, 2.05) is 24.9 Å². The first-order valence-electron chi connectivity index (χ1n) is 8.47. The smallest absolute Gasteiger partial charge is 0.290 e. The first kappa shape index (κ1) is 15.4. The highest BCUT2D eigenvalue weighted by atomic mass is 16.5. The molecule has 24 heavy (non-hydrogen) atoms. The van der Waals surface area contributed by atoms with Gasteiger partial charge in [-0.15, -0.1) is 5.10 Å². The van der Waals surface area contributed by atoms with Crippen molar-refractivity contribution in [3.05, 3.63) is 35.0 Å². The molecule has 0 N–H and O–H groups in total. The number of aromatic nitrogens is 3. The quantitative estimate of drug-likeness (QED) is 0.837. The summed E-state index contributed by atoms with van der Waals surface area (Å²) in [4.78, 5) is 14.7. The summed E-state index contributed by atoms with van der Waals surface area (Å²) in [5.74, 6) is 1.68.